The number of hydrogen-bond acceptors (Lipinski definition) is 2. The van der Waals surface area contributed by atoms with Crippen molar-refractivity contribution in [3.63, 3.8) is 0 Å². The summed E-state index contributed by atoms with van der Waals surface area (Å²) >= 11 is 5.43. The third kappa shape index (κ3) is 2.67. The van der Waals surface area contributed by atoms with E-state index in [0.29, 0.717) is 6.04 Å². The summed E-state index contributed by atoms with van der Waals surface area (Å²) in [6.45, 7) is 0. The van der Waals surface area contributed by atoms with Crippen molar-refractivity contribution in [2.45, 2.75) is 23.8 Å². The van der Waals surface area contributed by atoms with Crippen molar-refractivity contribution in [1.29, 1.82) is 0 Å². The minimum atomic E-state index is 0.438. The van der Waals surface area contributed by atoms with Crippen LogP contribution in [-0.2, 0) is 6.42 Å². The van der Waals surface area contributed by atoms with Crippen molar-refractivity contribution in [3.05, 3.63) is 58.1 Å². The minimum Gasteiger partial charge on any atom is -0.378 e. The van der Waals surface area contributed by atoms with Gasteiger partial charge in [0, 0.05) is 15.1 Å². The van der Waals surface area contributed by atoms with Crippen molar-refractivity contribution in [2.24, 2.45) is 0 Å². The zero-order valence-electron chi connectivity index (χ0n) is 10.8. The van der Waals surface area contributed by atoms with Gasteiger partial charge in [-0.3, -0.25) is 0 Å². The van der Waals surface area contributed by atoms with Gasteiger partial charge in [-0.15, -0.1) is 11.8 Å². The highest BCUT2D eigenvalue weighted by molar-refractivity contribution is 9.10. The fourth-order valence-corrected chi connectivity index (χ4v) is 3.64. The molecule has 0 aromatic heterocycles. The lowest BCUT2D eigenvalue weighted by molar-refractivity contribution is 0.762. The van der Waals surface area contributed by atoms with E-state index in [1.165, 1.54) is 32.6 Å². The quantitative estimate of drug-likeness (QED) is 0.768. The molecule has 0 amide bonds. The van der Waals surface area contributed by atoms with Crippen LogP contribution in [0.15, 0.2) is 51.8 Å². The molecule has 0 saturated carbocycles. The predicted octanol–water partition coefficient (Wildman–Crippen LogP) is 5.27. The highest BCUT2D eigenvalue weighted by atomic mass is 79.9. The van der Waals surface area contributed by atoms with Crippen LogP contribution >= 0.6 is 27.7 Å². The van der Waals surface area contributed by atoms with Gasteiger partial charge in [-0.05, 0) is 60.6 Å². The Bertz CT molecular complexity index is 580. The molecule has 0 fully saturated rings. The largest absolute Gasteiger partial charge is 0.378 e. The highest BCUT2D eigenvalue weighted by Gasteiger charge is 2.23. The molecule has 3 rings (SSSR count). The highest BCUT2D eigenvalue weighted by Crippen LogP contribution is 2.37. The number of thioether (sulfide) groups is 1. The Morgan fingerprint density at radius 3 is 2.68 bits per heavy atom. The maximum absolute atomic E-state index is 3.65. The second-order valence-corrected chi connectivity index (χ2v) is 6.51. The fraction of sp³-hybridized carbons (Fsp3) is 0.250. The van der Waals surface area contributed by atoms with E-state index in [0.717, 1.165) is 6.42 Å². The molecule has 19 heavy (non-hydrogen) atoms. The molecule has 1 aliphatic carbocycles. The number of benzene rings is 2. The topological polar surface area (TPSA) is 12.0 Å². The Morgan fingerprint density at radius 1 is 1.16 bits per heavy atom. The summed E-state index contributed by atoms with van der Waals surface area (Å²) < 4.78 is 1.24. The number of hydrogen-bond donors (Lipinski definition) is 1. The van der Waals surface area contributed by atoms with E-state index < -0.39 is 0 Å². The van der Waals surface area contributed by atoms with Crippen LogP contribution in [0.3, 0.4) is 0 Å². The summed E-state index contributed by atoms with van der Waals surface area (Å²) in [7, 11) is 0. The second-order valence-electron chi connectivity index (χ2n) is 4.77. The Balaban J connectivity index is 1.80. The molecule has 1 atom stereocenters. The maximum atomic E-state index is 3.65. The van der Waals surface area contributed by atoms with Gasteiger partial charge >= 0.3 is 0 Å². The van der Waals surface area contributed by atoms with Crippen LogP contribution in [0.5, 0.6) is 0 Å². The molecule has 1 unspecified atom stereocenters. The molecule has 0 spiro atoms. The van der Waals surface area contributed by atoms with E-state index in [1.54, 1.807) is 11.8 Å². The molecule has 1 N–H and O–H groups in total. The van der Waals surface area contributed by atoms with E-state index in [1.807, 2.05) is 0 Å². The summed E-state index contributed by atoms with van der Waals surface area (Å²) in [5.74, 6) is 0. The average molecular weight is 334 g/mol. The van der Waals surface area contributed by atoms with Crippen LogP contribution in [0.25, 0.3) is 0 Å². The van der Waals surface area contributed by atoms with Crippen molar-refractivity contribution in [1.82, 2.24) is 0 Å². The number of fused-ring (bicyclic) bond motifs is 1. The van der Waals surface area contributed by atoms with E-state index in [-0.39, 0.29) is 0 Å². The molecule has 0 heterocycles. The van der Waals surface area contributed by atoms with Gasteiger partial charge in [0.2, 0.25) is 0 Å². The van der Waals surface area contributed by atoms with Crippen LogP contribution in [-0.4, -0.2) is 6.26 Å². The Hall–Kier alpha value is -0.930. The molecular weight excluding hydrogens is 318 g/mol. The molecule has 1 aliphatic rings. The van der Waals surface area contributed by atoms with Gasteiger partial charge in [0.15, 0.2) is 0 Å². The zero-order chi connectivity index (χ0) is 13.2. The molecule has 0 aliphatic heterocycles. The Labute approximate surface area is 126 Å². The first kappa shape index (κ1) is 13.1. The van der Waals surface area contributed by atoms with Gasteiger partial charge in [-0.2, -0.15) is 0 Å². The van der Waals surface area contributed by atoms with E-state index in [4.69, 9.17) is 0 Å². The van der Waals surface area contributed by atoms with E-state index >= 15 is 0 Å². The molecule has 3 heteroatoms. The molecule has 0 saturated heterocycles. The van der Waals surface area contributed by atoms with Gasteiger partial charge in [0.25, 0.3) is 0 Å². The molecule has 0 radical (unpaired) electrons. The van der Waals surface area contributed by atoms with Crippen LogP contribution < -0.4 is 5.32 Å². The van der Waals surface area contributed by atoms with Gasteiger partial charge < -0.3 is 5.32 Å². The van der Waals surface area contributed by atoms with Crippen LogP contribution in [0.4, 0.5) is 5.69 Å². The molecule has 0 bridgehead atoms. The first-order valence-electron chi connectivity index (χ1n) is 6.46. The van der Waals surface area contributed by atoms with Gasteiger partial charge in [0.05, 0.1) is 6.04 Å². The van der Waals surface area contributed by atoms with E-state index in [9.17, 15) is 0 Å². The number of anilines is 1. The SMILES string of the molecule is CSc1ccc(NC2CCc3c(Br)cccc32)cc1. The molecule has 98 valence electrons. The van der Waals surface area contributed by atoms with Crippen LogP contribution in [0.2, 0.25) is 0 Å². The summed E-state index contributed by atoms with van der Waals surface area (Å²) in [4.78, 5) is 1.31. The first-order chi connectivity index (χ1) is 9.28. The summed E-state index contributed by atoms with van der Waals surface area (Å²) in [6, 6.07) is 15.6. The summed E-state index contributed by atoms with van der Waals surface area (Å²) in [6.07, 6.45) is 4.42. The number of nitrogens with one attached hydrogen (secondary N) is 1. The standard InChI is InChI=1S/C16H16BrNS/c1-19-12-7-5-11(6-8-12)18-16-10-9-13-14(16)3-2-4-15(13)17/h2-8,16,18H,9-10H2,1H3. The average Bonchev–Trinajstić information content (AvgIpc) is 2.84. The molecule has 1 nitrogen and oxygen atoms in total. The number of halogens is 1. The Morgan fingerprint density at radius 2 is 1.95 bits per heavy atom. The minimum absolute atomic E-state index is 0.438. The fourth-order valence-electron chi connectivity index (χ4n) is 2.65. The van der Waals surface area contributed by atoms with Gasteiger partial charge in [-0.25, -0.2) is 0 Å². The lowest BCUT2D eigenvalue weighted by Crippen LogP contribution is -2.06. The lowest BCUT2D eigenvalue weighted by Gasteiger charge is -2.16. The Kier molecular flexibility index (Phi) is 3.85. The lowest BCUT2D eigenvalue weighted by atomic mass is 10.1. The van der Waals surface area contributed by atoms with Crippen molar-refractivity contribution < 1.29 is 0 Å². The number of rotatable bonds is 3. The smallest absolute Gasteiger partial charge is 0.0520 e. The zero-order valence-corrected chi connectivity index (χ0v) is 13.2. The van der Waals surface area contributed by atoms with Crippen LogP contribution in [0.1, 0.15) is 23.6 Å². The second kappa shape index (κ2) is 5.59. The monoisotopic (exact) mass is 333 g/mol. The van der Waals surface area contributed by atoms with Crippen molar-refractivity contribution in [3.8, 4) is 0 Å². The van der Waals surface area contributed by atoms with E-state index in [2.05, 4.69) is 70.0 Å². The summed E-state index contributed by atoms with van der Waals surface area (Å²) in [5.41, 5.74) is 4.10. The van der Waals surface area contributed by atoms with Crippen molar-refractivity contribution in [2.75, 3.05) is 11.6 Å². The van der Waals surface area contributed by atoms with Crippen LogP contribution in [0, 0.1) is 0 Å². The molecule has 2 aromatic rings. The third-order valence-corrected chi connectivity index (χ3v) is 5.13. The predicted molar refractivity (Wildman–Crippen MR) is 87.0 cm³/mol. The van der Waals surface area contributed by atoms with Gasteiger partial charge in [-0.1, -0.05) is 28.1 Å². The molecular formula is C16H16BrNS. The van der Waals surface area contributed by atoms with Crippen molar-refractivity contribution >= 4 is 33.4 Å². The summed E-state index contributed by atoms with van der Waals surface area (Å²) in [5, 5.41) is 3.65. The molecule has 2 aromatic carbocycles. The third-order valence-electron chi connectivity index (χ3n) is 3.64. The maximum Gasteiger partial charge on any atom is 0.0520 e. The van der Waals surface area contributed by atoms with Gasteiger partial charge in [0.1, 0.15) is 0 Å². The first-order valence-corrected chi connectivity index (χ1v) is 8.47. The normalized spacial score (nSPS) is 17.3.